The maximum absolute atomic E-state index is 2.39. The molecule has 0 amide bonds. The summed E-state index contributed by atoms with van der Waals surface area (Å²) in [6.45, 7) is 6.57. The molecule has 1 nitrogen and oxygen atoms in total. The van der Waals surface area contributed by atoms with Crippen LogP contribution >= 0.6 is 0 Å². The monoisotopic (exact) mass is 438 g/mol. The van der Waals surface area contributed by atoms with Crippen molar-refractivity contribution in [1.82, 2.24) is 0 Å². The highest BCUT2D eigenvalue weighted by Gasteiger charge is 2.17. The van der Waals surface area contributed by atoms with E-state index in [1.807, 2.05) is 0 Å². The van der Waals surface area contributed by atoms with Gasteiger partial charge in [0.1, 0.15) is 7.05 Å². The highest BCUT2D eigenvalue weighted by Crippen LogP contribution is 2.38. The van der Waals surface area contributed by atoms with Crippen molar-refractivity contribution < 1.29 is 4.57 Å². The predicted molar refractivity (Wildman–Crippen MR) is 145 cm³/mol. The molecule has 0 aliphatic rings. The third-order valence-corrected chi connectivity index (χ3v) is 7.20. The van der Waals surface area contributed by atoms with E-state index in [0.29, 0.717) is 0 Å². The molecule has 6 rings (SSSR count). The summed E-state index contributed by atoms with van der Waals surface area (Å²) in [6.07, 6.45) is 2.25. The molecule has 5 aromatic carbocycles. The van der Waals surface area contributed by atoms with Crippen LogP contribution in [0.25, 0.3) is 54.7 Å². The van der Waals surface area contributed by atoms with E-state index in [0.717, 1.165) is 0 Å². The quantitative estimate of drug-likeness (QED) is 0.189. The first kappa shape index (κ1) is 20.6. The van der Waals surface area contributed by atoms with Crippen LogP contribution in [0.5, 0.6) is 0 Å². The molecule has 0 aliphatic heterocycles. The average molecular weight is 439 g/mol. The lowest BCUT2D eigenvalue weighted by Crippen LogP contribution is -2.31. The number of pyridine rings is 1. The molecule has 0 N–H and O–H groups in total. The Hall–Kier alpha value is -3.97. The summed E-state index contributed by atoms with van der Waals surface area (Å²) in [7, 11) is 2.14. The zero-order chi connectivity index (χ0) is 23.4. The van der Waals surface area contributed by atoms with Crippen LogP contribution in [0.15, 0.2) is 97.2 Å². The van der Waals surface area contributed by atoms with Crippen molar-refractivity contribution in [1.29, 1.82) is 0 Å². The lowest BCUT2D eigenvalue weighted by molar-refractivity contribution is -0.660. The molecule has 0 fully saturated rings. The topological polar surface area (TPSA) is 3.88 Å². The number of hydrogen-bond donors (Lipinski definition) is 0. The Bertz CT molecular complexity index is 1720. The summed E-state index contributed by atoms with van der Waals surface area (Å²) in [5.41, 5.74) is 8.92. The maximum atomic E-state index is 2.39. The third kappa shape index (κ3) is 3.20. The van der Waals surface area contributed by atoms with Gasteiger partial charge in [-0.2, -0.15) is 0 Å². The standard InChI is InChI=1S/C33H28N/c1-21-13-15-28-29-16-14-24(18-32(29)27-12-8-7-11-26(27)31(28)17-21)30-19-33(34(4)20-23(30)3)25-10-6-5-9-22(25)2/h5-20H,1-4H3/q+1. The molecule has 0 spiro atoms. The molecule has 0 saturated heterocycles. The maximum Gasteiger partial charge on any atom is 0.213 e. The van der Waals surface area contributed by atoms with E-state index < -0.39 is 0 Å². The normalized spacial score (nSPS) is 11.5. The second-order valence-electron chi connectivity index (χ2n) is 9.54. The fourth-order valence-corrected chi connectivity index (χ4v) is 5.46. The highest BCUT2D eigenvalue weighted by atomic mass is 14.9. The zero-order valence-corrected chi connectivity index (χ0v) is 20.2. The summed E-state index contributed by atoms with van der Waals surface area (Å²) in [6, 6.07) is 33.6. The highest BCUT2D eigenvalue weighted by molar-refractivity contribution is 6.25. The van der Waals surface area contributed by atoms with Gasteiger partial charge in [0.25, 0.3) is 0 Å². The van der Waals surface area contributed by atoms with Crippen LogP contribution in [0, 0.1) is 20.8 Å². The van der Waals surface area contributed by atoms with E-state index in [2.05, 4.69) is 130 Å². The van der Waals surface area contributed by atoms with Gasteiger partial charge in [-0.3, -0.25) is 0 Å². The number of fused-ring (bicyclic) bond motifs is 6. The van der Waals surface area contributed by atoms with Gasteiger partial charge in [-0.1, -0.05) is 78.4 Å². The molecule has 34 heavy (non-hydrogen) atoms. The average Bonchev–Trinajstić information content (AvgIpc) is 2.85. The number of aromatic nitrogens is 1. The van der Waals surface area contributed by atoms with Crippen LogP contribution in [0.1, 0.15) is 16.7 Å². The molecule has 6 aromatic rings. The molecule has 0 radical (unpaired) electrons. The first-order valence-electron chi connectivity index (χ1n) is 11.9. The fourth-order valence-electron chi connectivity index (χ4n) is 5.46. The van der Waals surface area contributed by atoms with Crippen molar-refractivity contribution in [2.75, 3.05) is 0 Å². The van der Waals surface area contributed by atoms with Crippen molar-refractivity contribution in [3.8, 4) is 22.4 Å². The summed E-state index contributed by atoms with van der Waals surface area (Å²) in [5, 5.41) is 7.92. The lowest BCUT2D eigenvalue weighted by Gasteiger charge is -2.14. The number of benzene rings is 5. The van der Waals surface area contributed by atoms with E-state index >= 15 is 0 Å². The Morgan fingerprint density at radius 2 is 1.12 bits per heavy atom. The smallest absolute Gasteiger partial charge is 0.201 e. The van der Waals surface area contributed by atoms with Crippen molar-refractivity contribution >= 4 is 32.3 Å². The Morgan fingerprint density at radius 3 is 1.85 bits per heavy atom. The van der Waals surface area contributed by atoms with Gasteiger partial charge < -0.3 is 0 Å². The van der Waals surface area contributed by atoms with E-state index in [1.165, 1.54) is 71.4 Å². The van der Waals surface area contributed by atoms with Gasteiger partial charge in [0.2, 0.25) is 5.69 Å². The van der Waals surface area contributed by atoms with Crippen LogP contribution in [-0.4, -0.2) is 0 Å². The second-order valence-corrected chi connectivity index (χ2v) is 9.54. The minimum absolute atomic E-state index is 1.23. The largest absolute Gasteiger partial charge is 0.213 e. The van der Waals surface area contributed by atoms with Gasteiger partial charge in [0.15, 0.2) is 6.20 Å². The lowest BCUT2D eigenvalue weighted by atomic mass is 9.90. The van der Waals surface area contributed by atoms with Gasteiger partial charge in [0, 0.05) is 17.2 Å². The van der Waals surface area contributed by atoms with Crippen LogP contribution in [-0.2, 0) is 7.05 Å². The SMILES string of the molecule is Cc1ccc2c3ccc(-c4cc(-c5ccccc5C)[n+](C)cc4C)cc3c3ccccc3c2c1. The molecule has 1 heterocycles. The molecule has 0 aliphatic carbocycles. The number of nitrogens with zero attached hydrogens (tertiary/aromatic N) is 1. The number of hydrogen-bond acceptors (Lipinski definition) is 0. The van der Waals surface area contributed by atoms with Crippen LogP contribution in [0.3, 0.4) is 0 Å². The van der Waals surface area contributed by atoms with Crippen molar-refractivity contribution in [3.05, 3.63) is 114 Å². The van der Waals surface area contributed by atoms with Gasteiger partial charge in [-0.05, 0) is 81.9 Å². The van der Waals surface area contributed by atoms with E-state index in [1.54, 1.807) is 0 Å². The molecule has 0 atom stereocenters. The van der Waals surface area contributed by atoms with Crippen LogP contribution in [0.2, 0.25) is 0 Å². The van der Waals surface area contributed by atoms with Crippen LogP contribution < -0.4 is 4.57 Å². The van der Waals surface area contributed by atoms with Gasteiger partial charge in [0.05, 0.1) is 0 Å². The van der Waals surface area contributed by atoms with Crippen molar-refractivity contribution in [2.24, 2.45) is 7.05 Å². The Kier molecular flexibility index (Phi) is 4.74. The minimum Gasteiger partial charge on any atom is -0.201 e. The van der Waals surface area contributed by atoms with Crippen molar-refractivity contribution in [3.63, 3.8) is 0 Å². The summed E-state index contributed by atoms with van der Waals surface area (Å²) in [4.78, 5) is 0. The molecule has 0 bridgehead atoms. The fraction of sp³-hybridized carbons (Fsp3) is 0.121. The third-order valence-electron chi connectivity index (χ3n) is 7.20. The number of rotatable bonds is 2. The van der Waals surface area contributed by atoms with E-state index in [4.69, 9.17) is 0 Å². The molecular weight excluding hydrogens is 410 g/mol. The van der Waals surface area contributed by atoms with Crippen LogP contribution in [0.4, 0.5) is 0 Å². The van der Waals surface area contributed by atoms with Gasteiger partial charge >= 0.3 is 0 Å². The molecule has 164 valence electrons. The second kappa shape index (κ2) is 7.81. The molecule has 0 saturated carbocycles. The first-order chi connectivity index (χ1) is 16.5. The van der Waals surface area contributed by atoms with E-state index in [9.17, 15) is 0 Å². The zero-order valence-electron chi connectivity index (χ0n) is 20.2. The van der Waals surface area contributed by atoms with E-state index in [-0.39, 0.29) is 0 Å². The summed E-state index contributed by atoms with van der Waals surface area (Å²) in [5.74, 6) is 0. The van der Waals surface area contributed by atoms with Gasteiger partial charge in [-0.15, -0.1) is 0 Å². The first-order valence-corrected chi connectivity index (χ1v) is 11.9. The summed E-state index contributed by atoms with van der Waals surface area (Å²) < 4.78 is 2.24. The Labute approximate surface area is 200 Å². The Morgan fingerprint density at radius 1 is 0.500 bits per heavy atom. The molecule has 0 unspecified atom stereocenters. The van der Waals surface area contributed by atoms with Crippen molar-refractivity contribution in [2.45, 2.75) is 20.8 Å². The predicted octanol–water partition coefficient (Wildman–Crippen LogP) is 8.23. The molecule has 1 aromatic heterocycles. The minimum atomic E-state index is 1.23. The molecule has 1 heteroatoms. The Balaban J connectivity index is 1.65. The summed E-state index contributed by atoms with van der Waals surface area (Å²) >= 11 is 0. The van der Waals surface area contributed by atoms with Gasteiger partial charge in [-0.25, -0.2) is 4.57 Å². The molecular formula is C33H28N+. The number of aryl methyl sites for hydroxylation is 4.